The lowest BCUT2D eigenvalue weighted by Crippen LogP contribution is -2.01. The van der Waals surface area contributed by atoms with E-state index < -0.39 is 0 Å². The van der Waals surface area contributed by atoms with Crippen molar-refractivity contribution in [3.05, 3.63) is 65.5 Å². The number of imidazole rings is 1. The molecule has 0 aliphatic heterocycles. The number of anilines is 2. The Bertz CT molecular complexity index is 986. The third-order valence-electron chi connectivity index (χ3n) is 3.86. The fourth-order valence-electron chi connectivity index (χ4n) is 2.55. The van der Waals surface area contributed by atoms with Gasteiger partial charge in [-0.15, -0.1) is 0 Å². The summed E-state index contributed by atoms with van der Waals surface area (Å²) in [5, 5.41) is 4.42. The molecule has 0 aliphatic carbocycles. The Hall–Kier alpha value is -2.86. The number of fused-ring (bicyclic) bond motifs is 1. The first-order chi connectivity index (χ1) is 11.7. The molecule has 0 unspecified atom stereocenters. The Morgan fingerprint density at radius 1 is 1.17 bits per heavy atom. The Labute approximate surface area is 143 Å². The molecule has 7 heteroatoms. The zero-order valence-electron chi connectivity index (χ0n) is 13.0. The molecule has 0 saturated heterocycles. The smallest absolute Gasteiger partial charge is 0.230 e. The number of aromatic amines is 1. The number of benzene rings is 1. The summed E-state index contributed by atoms with van der Waals surface area (Å²) in [6.07, 6.45) is 5.58. The van der Waals surface area contributed by atoms with Gasteiger partial charge in [0.15, 0.2) is 0 Å². The summed E-state index contributed by atoms with van der Waals surface area (Å²) >= 11 is 6.17. The van der Waals surface area contributed by atoms with E-state index in [0.717, 1.165) is 23.4 Å². The molecule has 24 heavy (non-hydrogen) atoms. The lowest BCUT2D eigenvalue weighted by Gasteiger charge is -2.08. The first-order valence-corrected chi connectivity index (χ1v) is 7.91. The summed E-state index contributed by atoms with van der Waals surface area (Å²) < 4.78 is 2.10. The van der Waals surface area contributed by atoms with E-state index in [0.29, 0.717) is 16.7 Å². The van der Waals surface area contributed by atoms with Gasteiger partial charge < -0.3 is 14.9 Å². The zero-order valence-corrected chi connectivity index (χ0v) is 13.7. The van der Waals surface area contributed by atoms with Gasteiger partial charge in [-0.2, -0.15) is 4.98 Å². The predicted molar refractivity (Wildman–Crippen MR) is 94.7 cm³/mol. The quantitative estimate of drug-likeness (QED) is 0.553. The van der Waals surface area contributed by atoms with Crippen molar-refractivity contribution in [1.29, 1.82) is 0 Å². The van der Waals surface area contributed by atoms with Gasteiger partial charge in [-0.25, -0.2) is 9.97 Å². The second kappa shape index (κ2) is 5.98. The molecule has 0 spiro atoms. The lowest BCUT2D eigenvalue weighted by molar-refractivity contribution is 0.762. The normalized spacial score (nSPS) is 11.1. The van der Waals surface area contributed by atoms with Crippen LogP contribution in [-0.2, 0) is 6.54 Å². The Balaban J connectivity index is 1.53. The molecule has 0 saturated carbocycles. The van der Waals surface area contributed by atoms with E-state index >= 15 is 0 Å². The second-order valence-electron chi connectivity index (χ2n) is 5.50. The Kier molecular flexibility index (Phi) is 3.66. The molecule has 2 N–H and O–H groups in total. The highest BCUT2D eigenvalue weighted by Crippen LogP contribution is 2.22. The van der Waals surface area contributed by atoms with E-state index in [1.54, 1.807) is 6.20 Å². The van der Waals surface area contributed by atoms with Crippen LogP contribution < -0.4 is 5.32 Å². The van der Waals surface area contributed by atoms with E-state index in [1.807, 2.05) is 37.5 Å². The number of nitrogens with one attached hydrogen (secondary N) is 2. The van der Waals surface area contributed by atoms with Gasteiger partial charge in [-0.1, -0.05) is 23.7 Å². The largest absolute Gasteiger partial charge is 0.346 e. The van der Waals surface area contributed by atoms with Gasteiger partial charge in [-0.3, -0.25) is 0 Å². The number of hydrogen-bond donors (Lipinski definition) is 2. The first kappa shape index (κ1) is 14.7. The maximum atomic E-state index is 6.17. The highest BCUT2D eigenvalue weighted by Gasteiger charge is 2.07. The van der Waals surface area contributed by atoms with Crippen LogP contribution >= 0.6 is 11.6 Å². The molecule has 4 aromatic rings. The number of aryl methyl sites for hydroxylation is 1. The number of nitrogens with zero attached hydrogens (tertiary/aromatic N) is 4. The molecule has 0 atom stereocenters. The average Bonchev–Trinajstić information content (AvgIpc) is 3.19. The highest BCUT2D eigenvalue weighted by molar-refractivity contribution is 6.34. The minimum Gasteiger partial charge on any atom is -0.346 e. The van der Waals surface area contributed by atoms with E-state index in [4.69, 9.17) is 11.6 Å². The summed E-state index contributed by atoms with van der Waals surface area (Å²) in [6.45, 7) is 2.79. The van der Waals surface area contributed by atoms with Crippen molar-refractivity contribution in [2.45, 2.75) is 13.5 Å². The fourth-order valence-corrected chi connectivity index (χ4v) is 2.78. The number of rotatable bonds is 4. The van der Waals surface area contributed by atoms with E-state index in [2.05, 4.69) is 42.0 Å². The van der Waals surface area contributed by atoms with Crippen molar-refractivity contribution in [2.75, 3.05) is 5.32 Å². The minimum atomic E-state index is 0.427. The molecule has 4 rings (SSSR count). The number of aromatic nitrogens is 5. The summed E-state index contributed by atoms with van der Waals surface area (Å²) in [5.41, 5.74) is 2.81. The summed E-state index contributed by atoms with van der Waals surface area (Å²) in [7, 11) is 0. The maximum Gasteiger partial charge on any atom is 0.230 e. The van der Waals surface area contributed by atoms with Gasteiger partial charge in [0.1, 0.15) is 16.6 Å². The summed E-state index contributed by atoms with van der Waals surface area (Å²) in [5.74, 6) is 1.47. The standard InChI is InChI=1S/C17H15ClN6/c1-11-19-8-9-24(11)10-12-2-4-13(5-3-12)21-17-22-15(18)14-6-7-20-16(14)23-17/h2-9H,10H2,1H3,(H2,20,21,22,23). The fraction of sp³-hybridized carbons (Fsp3) is 0.118. The van der Waals surface area contributed by atoms with Crippen LogP contribution in [0.5, 0.6) is 0 Å². The highest BCUT2D eigenvalue weighted by atomic mass is 35.5. The maximum absolute atomic E-state index is 6.17. The van der Waals surface area contributed by atoms with Crippen LogP contribution in [0.4, 0.5) is 11.6 Å². The van der Waals surface area contributed by atoms with Crippen molar-refractivity contribution >= 4 is 34.3 Å². The van der Waals surface area contributed by atoms with Crippen LogP contribution in [0.1, 0.15) is 11.4 Å². The van der Waals surface area contributed by atoms with Crippen molar-refractivity contribution < 1.29 is 0 Å². The first-order valence-electron chi connectivity index (χ1n) is 7.53. The van der Waals surface area contributed by atoms with Crippen LogP contribution in [0.3, 0.4) is 0 Å². The van der Waals surface area contributed by atoms with Gasteiger partial charge in [0.05, 0.1) is 5.39 Å². The molecular formula is C17H15ClN6. The van der Waals surface area contributed by atoms with Crippen molar-refractivity contribution in [3.8, 4) is 0 Å². The predicted octanol–water partition coefficient (Wildman–Crippen LogP) is 3.91. The molecule has 0 radical (unpaired) electrons. The third-order valence-corrected chi connectivity index (χ3v) is 4.14. The molecule has 0 bridgehead atoms. The zero-order chi connectivity index (χ0) is 16.5. The Morgan fingerprint density at radius 2 is 2.00 bits per heavy atom. The van der Waals surface area contributed by atoms with E-state index in [-0.39, 0.29) is 0 Å². The molecule has 0 amide bonds. The van der Waals surface area contributed by atoms with Crippen LogP contribution in [-0.4, -0.2) is 24.5 Å². The van der Waals surface area contributed by atoms with Crippen molar-refractivity contribution in [3.63, 3.8) is 0 Å². The molecule has 0 fully saturated rings. The third kappa shape index (κ3) is 2.83. The Morgan fingerprint density at radius 3 is 2.75 bits per heavy atom. The van der Waals surface area contributed by atoms with Crippen LogP contribution in [0.25, 0.3) is 11.0 Å². The van der Waals surface area contributed by atoms with Crippen LogP contribution in [0, 0.1) is 6.92 Å². The number of H-pyrrole nitrogens is 1. The van der Waals surface area contributed by atoms with Crippen molar-refractivity contribution in [1.82, 2.24) is 24.5 Å². The summed E-state index contributed by atoms with van der Waals surface area (Å²) in [4.78, 5) is 16.0. The minimum absolute atomic E-state index is 0.427. The molecule has 3 heterocycles. The van der Waals surface area contributed by atoms with Gasteiger partial charge in [-0.05, 0) is 30.7 Å². The molecular weight excluding hydrogens is 324 g/mol. The van der Waals surface area contributed by atoms with Crippen molar-refractivity contribution in [2.24, 2.45) is 0 Å². The molecule has 1 aromatic carbocycles. The van der Waals surface area contributed by atoms with E-state index in [1.165, 1.54) is 5.56 Å². The van der Waals surface area contributed by atoms with Gasteiger partial charge in [0, 0.05) is 30.8 Å². The monoisotopic (exact) mass is 338 g/mol. The molecule has 6 nitrogen and oxygen atoms in total. The van der Waals surface area contributed by atoms with Crippen LogP contribution in [0.15, 0.2) is 48.9 Å². The average molecular weight is 339 g/mol. The van der Waals surface area contributed by atoms with Gasteiger partial charge >= 0.3 is 0 Å². The SMILES string of the molecule is Cc1nccn1Cc1ccc(Nc2nc(Cl)c3cc[nH]c3n2)cc1. The lowest BCUT2D eigenvalue weighted by atomic mass is 10.2. The molecule has 3 aromatic heterocycles. The molecule has 120 valence electrons. The summed E-state index contributed by atoms with van der Waals surface area (Å²) in [6, 6.07) is 9.98. The van der Waals surface area contributed by atoms with Crippen LogP contribution in [0.2, 0.25) is 5.15 Å². The van der Waals surface area contributed by atoms with E-state index in [9.17, 15) is 0 Å². The van der Waals surface area contributed by atoms with Gasteiger partial charge in [0.2, 0.25) is 5.95 Å². The number of hydrogen-bond acceptors (Lipinski definition) is 4. The second-order valence-corrected chi connectivity index (χ2v) is 5.86. The number of halogens is 1. The topological polar surface area (TPSA) is 71.4 Å². The molecule has 0 aliphatic rings. The van der Waals surface area contributed by atoms with Gasteiger partial charge in [0.25, 0.3) is 0 Å².